The molecule has 0 spiro atoms. The number of pyridine rings is 1. The second-order valence-electron chi connectivity index (χ2n) is 3.98. The Morgan fingerprint density at radius 1 is 1.30 bits per heavy atom. The number of hydrogen-bond donors (Lipinski definition) is 2. The van der Waals surface area contributed by atoms with Gasteiger partial charge in [0.25, 0.3) is 5.91 Å². The van der Waals surface area contributed by atoms with E-state index in [4.69, 9.17) is 0 Å². The van der Waals surface area contributed by atoms with Gasteiger partial charge in [0.15, 0.2) is 0 Å². The number of nitrogens with one attached hydrogen (secondary N) is 2. The molecule has 104 valence electrons. The van der Waals surface area contributed by atoms with Gasteiger partial charge in [0.1, 0.15) is 11.6 Å². The van der Waals surface area contributed by atoms with E-state index in [-0.39, 0.29) is 5.56 Å². The summed E-state index contributed by atoms with van der Waals surface area (Å²) in [4.78, 5) is 17.1. The van der Waals surface area contributed by atoms with Gasteiger partial charge in [-0.3, -0.25) is 4.79 Å². The number of amides is 1. The average molecular weight is 291 g/mol. The smallest absolute Gasteiger partial charge is 0.259 e. The molecule has 0 unspecified atom stereocenters. The molecule has 0 atom stereocenters. The van der Waals surface area contributed by atoms with E-state index >= 15 is 0 Å². The number of carbonyl (C=O) groups is 1. The third kappa shape index (κ3) is 3.27. The highest BCUT2D eigenvalue weighted by Crippen LogP contribution is 2.19. The Labute approximate surface area is 120 Å². The minimum absolute atomic E-state index is 0.168. The summed E-state index contributed by atoms with van der Waals surface area (Å²) in [6.07, 6.45) is 3.04. The maximum absolute atomic E-state index is 13.2. The predicted octanol–water partition coefficient (Wildman–Crippen LogP) is 3.24. The topological polar surface area (TPSA) is 54.0 Å². The number of thioether (sulfide) groups is 1. The van der Waals surface area contributed by atoms with Crippen LogP contribution in [0.15, 0.2) is 41.4 Å². The highest BCUT2D eigenvalue weighted by Gasteiger charge is 2.13. The molecular weight excluding hydrogens is 277 g/mol. The predicted molar refractivity (Wildman–Crippen MR) is 79.9 cm³/mol. The van der Waals surface area contributed by atoms with Gasteiger partial charge < -0.3 is 10.6 Å². The molecule has 6 heteroatoms. The van der Waals surface area contributed by atoms with Crippen molar-refractivity contribution in [1.82, 2.24) is 4.98 Å². The van der Waals surface area contributed by atoms with Gasteiger partial charge in [-0.1, -0.05) is 0 Å². The monoisotopic (exact) mass is 291 g/mol. The Hall–Kier alpha value is -2.08. The number of nitrogens with zero attached hydrogens (tertiary/aromatic N) is 1. The molecule has 20 heavy (non-hydrogen) atoms. The molecule has 0 radical (unpaired) electrons. The first-order valence-electron chi connectivity index (χ1n) is 5.92. The standard InChI is InChI=1S/C14H14FN3OS/c1-16-13-12(7-9(15)8-17-13)14(19)18-10-3-5-11(20-2)6-4-10/h3-8H,1-2H3,(H,16,17)(H,18,19). The molecule has 0 saturated carbocycles. The van der Waals surface area contributed by atoms with Crippen molar-refractivity contribution in [2.24, 2.45) is 0 Å². The summed E-state index contributed by atoms with van der Waals surface area (Å²) < 4.78 is 13.2. The van der Waals surface area contributed by atoms with E-state index in [0.717, 1.165) is 17.2 Å². The van der Waals surface area contributed by atoms with Crippen LogP contribution in [0.5, 0.6) is 0 Å². The van der Waals surface area contributed by atoms with Crippen molar-refractivity contribution in [3.8, 4) is 0 Å². The number of aromatic nitrogens is 1. The van der Waals surface area contributed by atoms with Crippen molar-refractivity contribution in [1.29, 1.82) is 0 Å². The zero-order valence-corrected chi connectivity index (χ0v) is 11.9. The lowest BCUT2D eigenvalue weighted by Gasteiger charge is -2.09. The Bertz CT molecular complexity index is 616. The number of benzene rings is 1. The number of carbonyl (C=O) groups excluding carboxylic acids is 1. The molecule has 0 bridgehead atoms. The van der Waals surface area contributed by atoms with Crippen LogP contribution in [-0.2, 0) is 0 Å². The highest BCUT2D eigenvalue weighted by molar-refractivity contribution is 7.98. The summed E-state index contributed by atoms with van der Waals surface area (Å²) in [7, 11) is 1.63. The minimum atomic E-state index is -0.549. The van der Waals surface area contributed by atoms with Gasteiger partial charge in [-0.25, -0.2) is 9.37 Å². The fraction of sp³-hybridized carbons (Fsp3) is 0.143. The van der Waals surface area contributed by atoms with E-state index in [0.29, 0.717) is 11.5 Å². The summed E-state index contributed by atoms with van der Waals surface area (Å²) in [5.41, 5.74) is 0.820. The maximum Gasteiger partial charge on any atom is 0.259 e. The van der Waals surface area contributed by atoms with Crippen LogP contribution < -0.4 is 10.6 Å². The fourth-order valence-corrected chi connectivity index (χ4v) is 2.09. The zero-order valence-electron chi connectivity index (χ0n) is 11.1. The molecule has 0 aliphatic rings. The van der Waals surface area contributed by atoms with Gasteiger partial charge >= 0.3 is 0 Å². The van der Waals surface area contributed by atoms with Crippen molar-refractivity contribution in [2.45, 2.75) is 4.90 Å². The van der Waals surface area contributed by atoms with Crippen LogP contribution >= 0.6 is 11.8 Å². The van der Waals surface area contributed by atoms with Gasteiger partial charge in [0, 0.05) is 17.6 Å². The first-order chi connectivity index (χ1) is 9.63. The van der Waals surface area contributed by atoms with E-state index < -0.39 is 11.7 Å². The molecule has 0 aliphatic heterocycles. The molecule has 1 aromatic carbocycles. The van der Waals surface area contributed by atoms with Crippen LogP contribution in [0.2, 0.25) is 0 Å². The molecule has 0 saturated heterocycles. The Balaban J connectivity index is 2.20. The number of rotatable bonds is 4. The Kier molecular flexibility index (Phi) is 4.57. The molecule has 4 nitrogen and oxygen atoms in total. The van der Waals surface area contributed by atoms with Crippen LogP contribution in [0.3, 0.4) is 0 Å². The normalized spacial score (nSPS) is 10.2. The Morgan fingerprint density at radius 3 is 2.60 bits per heavy atom. The zero-order chi connectivity index (χ0) is 14.5. The lowest BCUT2D eigenvalue weighted by atomic mass is 10.2. The molecule has 2 aromatic rings. The second kappa shape index (κ2) is 6.38. The van der Waals surface area contributed by atoms with Crippen molar-refractivity contribution >= 4 is 29.2 Å². The van der Waals surface area contributed by atoms with E-state index in [1.807, 2.05) is 18.4 Å². The minimum Gasteiger partial charge on any atom is -0.372 e. The third-order valence-electron chi connectivity index (χ3n) is 2.68. The van der Waals surface area contributed by atoms with Crippen LogP contribution in [0, 0.1) is 5.82 Å². The number of anilines is 2. The Morgan fingerprint density at radius 2 is 2.00 bits per heavy atom. The van der Waals surface area contributed by atoms with Gasteiger partial charge in [-0.15, -0.1) is 11.8 Å². The summed E-state index contributed by atoms with van der Waals surface area (Å²) in [5, 5.41) is 5.48. The third-order valence-corrected chi connectivity index (χ3v) is 3.43. The van der Waals surface area contributed by atoms with E-state index in [2.05, 4.69) is 15.6 Å². The van der Waals surface area contributed by atoms with Crippen molar-refractivity contribution in [2.75, 3.05) is 23.9 Å². The first-order valence-corrected chi connectivity index (χ1v) is 7.15. The van der Waals surface area contributed by atoms with Gasteiger partial charge in [0.2, 0.25) is 0 Å². The van der Waals surface area contributed by atoms with E-state index in [9.17, 15) is 9.18 Å². The summed E-state index contributed by atoms with van der Waals surface area (Å²) in [5.74, 6) is -0.616. The molecule has 0 fully saturated rings. The fourth-order valence-electron chi connectivity index (χ4n) is 1.68. The van der Waals surface area contributed by atoms with Crippen LogP contribution in [-0.4, -0.2) is 24.2 Å². The van der Waals surface area contributed by atoms with Gasteiger partial charge in [-0.2, -0.15) is 0 Å². The molecule has 1 amide bonds. The summed E-state index contributed by atoms with van der Waals surface area (Å²) >= 11 is 1.62. The molecule has 2 N–H and O–H groups in total. The van der Waals surface area contributed by atoms with Crippen molar-refractivity contribution in [3.63, 3.8) is 0 Å². The largest absolute Gasteiger partial charge is 0.372 e. The molecule has 2 rings (SSSR count). The van der Waals surface area contributed by atoms with Crippen LogP contribution in [0.25, 0.3) is 0 Å². The van der Waals surface area contributed by atoms with Gasteiger partial charge in [-0.05, 0) is 36.6 Å². The molecule has 0 aliphatic carbocycles. The quantitative estimate of drug-likeness (QED) is 0.849. The lowest BCUT2D eigenvalue weighted by Crippen LogP contribution is -2.15. The van der Waals surface area contributed by atoms with Gasteiger partial charge in [0.05, 0.1) is 11.8 Å². The number of halogens is 1. The first kappa shape index (κ1) is 14.3. The highest BCUT2D eigenvalue weighted by atomic mass is 32.2. The second-order valence-corrected chi connectivity index (χ2v) is 4.86. The number of hydrogen-bond acceptors (Lipinski definition) is 4. The molecular formula is C14H14FN3OS. The van der Waals surface area contributed by atoms with Crippen molar-refractivity contribution in [3.05, 3.63) is 47.9 Å². The lowest BCUT2D eigenvalue weighted by molar-refractivity contribution is 0.102. The van der Waals surface area contributed by atoms with Crippen molar-refractivity contribution < 1.29 is 9.18 Å². The maximum atomic E-state index is 13.2. The summed E-state index contributed by atoms with van der Waals surface area (Å²) in [6.45, 7) is 0. The van der Waals surface area contributed by atoms with Crippen LogP contribution in [0.4, 0.5) is 15.9 Å². The molecule has 1 aromatic heterocycles. The average Bonchev–Trinajstić information content (AvgIpc) is 2.48. The van der Waals surface area contributed by atoms with E-state index in [1.54, 1.807) is 30.9 Å². The van der Waals surface area contributed by atoms with E-state index in [1.165, 1.54) is 0 Å². The molecule has 1 heterocycles. The van der Waals surface area contributed by atoms with Crippen LogP contribution in [0.1, 0.15) is 10.4 Å². The summed E-state index contributed by atoms with van der Waals surface area (Å²) in [6, 6.07) is 8.57. The SMILES string of the molecule is CNc1ncc(F)cc1C(=O)Nc1ccc(SC)cc1.